The number of likely N-dealkylation sites (tertiary alicyclic amines) is 1. The molecule has 2 amide bonds. The second-order valence-electron chi connectivity index (χ2n) is 5.05. The molecule has 23 heavy (non-hydrogen) atoms. The van der Waals surface area contributed by atoms with Crippen LogP contribution in [0, 0.1) is 0 Å². The molecule has 8 heteroatoms. The van der Waals surface area contributed by atoms with E-state index in [1.807, 2.05) is 26.8 Å². The number of urea groups is 1. The number of hydrogen-bond acceptors (Lipinski definition) is 5. The lowest BCUT2D eigenvalue weighted by atomic mass is 10.2. The highest BCUT2D eigenvalue weighted by Crippen LogP contribution is 2.30. The fourth-order valence-electron chi connectivity index (χ4n) is 2.63. The van der Waals surface area contributed by atoms with E-state index in [0.717, 1.165) is 6.42 Å². The molecule has 0 spiro atoms. The summed E-state index contributed by atoms with van der Waals surface area (Å²) >= 11 is 0. The van der Waals surface area contributed by atoms with E-state index in [-0.39, 0.29) is 11.7 Å². The summed E-state index contributed by atoms with van der Waals surface area (Å²) in [5, 5.41) is 2.80. The third-order valence-corrected chi connectivity index (χ3v) is 7.11. The summed E-state index contributed by atoms with van der Waals surface area (Å²) in [6, 6.07) is 5.19. The molecule has 0 bridgehead atoms. The van der Waals surface area contributed by atoms with Crippen LogP contribution in [-0.2, 0) is 13.3 Å². The third-order valence-electron chi connectivity index (χ3n) is 3.63. The van der Waals surface area contributed by atoms with Crippen molar-refractivity contribution in [3.63, 3.8) is 0 Å². The van der Waals surface area contributed by atoms with E-state index >= 15 is 0 Å². The van der Waals surface area contributed by atoms with Crippen LogP contribution in [0.25, 0.3) is 0 Å². The fraction of sp³-hybridized carbons (Fsp3) is 0.600. The van der Waals surface area contributed by atoms with Gasteiger partial charge in [0.1, 0.15) is 11.5 Å². The van der Waals surface area contributed by atoms with Gasteiger partial charge in [0, 0.05) is 32.6 Å². The molecule has 7 nitrogen and oxygen atoms in total. The van der Waals surface area contributed by atoms with Crippen LogP contribution in [0.4, 0.5) is 10.6 Å². The summed E-state index contributed by atoms with van der Waals surface area (Å²) in [5.74, 6) is 0.527. The smallest absolute Gasteiger partial charge is 0.373 e. The Bertz CT molecular complexity index is 486. The number of nitrogens with zero attached hydrogens (tertiary/aromatic N) is 2. The van der Waals surface area contributed by atoms with Crippen molar-refractivity contribution < 1.29 is 18.1 Å². The normalized spacial score (nSPS) is 17.7. The molecule has 1 aromatic heterocycles. The monoisotopic (exact) mass is 339 g/mol. The molecule has 1 aromatic rings. The van der Waals surface area contributed by atoms with E-state index < -0.39 is 8.80 Å². The number of carbonyl (C=O) groups is 1. The van der Waals surface area contributed by atoms with E-state index in [0.29, 0.717) is 32.2 Å². The molecule has 1 saturated heterocycles. The lowest BCUT2D eigenvalue weighted by Gasteiger charge is -2.47. The van der Waals surface area contributed by atoms with Crippen LogP contribution in [0.2, 0.25) is 0 Å². The van der Waals surface area contributed by atoms with Crippen molar-refractivity contribution >= 4 is 20.7 Å². The number of hydrogen-bond donors (Lipinski definition) is 1. The van der Waals surface area contributed by atoms with Crippen molar-refractivity contribution in [3.05, 3.63) is 24.4 Å². The molecule has 1 unspecified atom stereocenters. The lowest BCUT2D eigenvalue weighted by Crippen LogP contribution is -2.70. The SMILES string of the molecule is CCO[Si](OCC)(OCC)C1CCN1C(=O)Nc1ccccn1. The predicted molar refractivity (Wildman–Crippen MR) is 89.0 cm³/mol. The van der Waals surface area contributed by atoms with Gasteiger partial charge in [-0.3, -0.25) is 5.32 Å². The minimum atomic E-state index is -2.91. The van der Waals surface area contributed by atoms with Crippen molar-refractivity contribution in [2.24, 2.45) is 0 Å². The largest absolute Gasteiger partial charge is 0.524 e. The Hall–Kier alpha value is -1.48. The number of carbonyl (C=O) groups excluding carboxylic acids is 1. The second-order valence-corrected chi connectivity index (χ2v) is 7.79. The van der Waals surface area contributed by atoms with Gasteiger partial charge in [0.15, 0.2) is 0 Å². The van der Waals surface area contributed by atoms with Crippen molar-refractivity contribution in [2.45, 2.75) is 32.9 Å². The molecule has 1 atom stereocenters. The summed E-state index contributed by atoms with van der Waals surface area (Å²) in [5.41, 5.74) is -0.147. The number of pyridine rings is 1. The van der Waals surface area contributed by atoms with Crippen LogP contribution in [0.3, 0.4) is 0 Å². The van der Waals surface area contributed by atoms with Crippen molar-refractivity contribution in [2.75, 3.05) is 31.7 Å². The van der Waals surface area contributed by atoms with E-state index in [1.54, 1.807) is 23.2 Å². The quantitative estimate of drug-likeness (QED) is 0.736. The van der Waals surface area contributed by atoms with E-state index in [9.17, 15) is 4.79 Å². The first-order valence-corrected chi connectivity index (χ1v) is 9.87. The number of amides is 2. The Morgan fingerprint density at radius 1 is 1.26 bits per heavy atom. The lowest BCUT2D eigenvalue weighted by molar-refractivity contribution is 0.0200. The zero-order valence-electron chi connectivity index (χ0n) is 13.9. The topological polar surface area (TPSA) is 72.9 Å². The molecule has 128 valence electrons. The van der Waals surface area contributed by atoms with Gasteiger partial charge in [-0.2, -0.15) is 0 Å². The van der Waals surface area contributed by atoms with Crippen molar-refractivity contribution in [1.29, 1.82) is 0 Å². The Kier molecular flexibility index (Phi) is 6.52. The van der Waals surface area contributed by atoms with Crippen LogP contribution in [0.1, 0.15) is 27.2 Å². The average Bonchev–Trinajstić information content (AvgIpc) is 2.47. The number of anilines is 1. The molecule has 0 aliphatic carbocycles. The molecule has 1 aliphatic heterocycles. The van der Waals surface area contributed by atoms with Gasteiger partial charge in [0.2, 0.25) is 0 Å². The van der Waals surface area contributed by atoms with Gasteiger partial charge in [0.05, 0.1) is 0 Å². The van der Waals surface area contributed by atoms with Crippen LogP contribution in [0.15, 0.2) is 24.4 Å². The first-order valence-electron chi connectivity index (χ1n) is 8.07. The molecule has 2 rings (SSSR count). The van der Waals surface area contributed by atoms with E-state index in [2.05, 4.69) is 10.3 Å². The third kappa shape index (κ3) is 4.08. The number of nitrogens with one attached hydrogen (secondary N) is 1. The van der Waals surface area contributed by atoms with Crippen LogP contribution >= 0.6 is 0 Å². The average molecular weight is 339 g/mol. The summed E-state index contributed by atoms with van der Waals surface area (Å²) < 4.78 is 17.7. The summed E-state index contributed by atoms with van der Waals surface area (Å²) in [7, 11) is -2.91. The molecular weight excluding hydrogens is 314 g/mol. The Morgan fingerprint density at radius 2 is 1.91 bits per heavy atom. The van der Waals surface area contributed by atoms with Gasteiger partial charge in [0.25, 0.3) is 0 Å². The molecule has 1 aliphatic rings. The maximum atomic E-state index is 12.5. The van der Waals surface area contributed by atoms with E-state index in [4.69, 9.17) is 13.3 Å². The Labute approximate surface area is 138 Å². The zero-order valence-corrected chi connectivity index (χ0v) is 14.9. The van der Waals surface area contributed by atoms with Gasteiger partial charge < -0.3 is 18.2 Å². The van der Waals surface area contributed by atoms with Gasteiger partial charge in [-0.15, -0.1) is 0 Å². The van der Waals surface area contributed by atoms with E-state index in [1.165, 1.54) is 0 Å². The molecule has 1 N–H and O–H groups in total. The van der Waals surface area contributed by atoms with Crippen LogP contribution in [0.5, 0.6) is 0 Å². The highest BCUT2D eigenvalue weighted by Gasteiger charge is 2.57. The summed E-state index contributed by atoms with van der Waals surface area (Å²) in [6.45, 7) is 7.89. The van der Waals surface area contributed by atoms with Gasteiger partial charge in [-0.25, -0.2) is 9.78 Å². The van der Waals surface area contributed by atoms with Gasteiger partial charge in [-0.1, -0.05) is 6.07 Å². The van der Waals surface area contributed by atoms with Gasteiger partial charge in [-0.05, 0) is 39.3 Å². The Morgan fingerprint density at radius 3 is 2.35 bits per heavy atom. The molecule has 0 aromatic carbocycles. The highest BCUT2D eigenvalue weighted by atomic mass is 28.4. The maximum absolute atomic E-state index is 12.5. The molecular formula is C15H25N3O4Si. The fourth-order valence-corrected chi connectivity index (χ4v) is 5.78. The molecule has 0 saturated carbocycles. The minimum Gasteiger partial charge on any atom is -0.373 e. The van der Waals surface area contributed by atoms with Crippen molar-refractivity contribution in [1.82, 2.24) is 9.88 Å². The first kappa shape index (κ1) is 17.9. The Balaban J connectivity index is 2.09. The zero-order chi connectivity index (χ0) is 16.7. The number of aromatic nitrogens is 1. The maximum Gasteiger partial charge on any atom is 0.524 e. The molecule has 2 heterocycles. The molecule has 0 radical (unpaired) electrons. The summed E-state index contributed by atoms with van der Waals surface area (Å²) in [6.07, 6.45) is 2.46. The van der Waals surface area contributed by atoms with Crippen molar-refractivity contribution in [3.8, 4) is 0 Å². The molecule has 1 fully saturated rings. The highest BCUT2D eigenvalue weighted by molar-refractivity contribution is 6.63. The minimum absolute atomic E-state index is 0.147. The first-order chi connectivity index (χ1) is 11.2. The number of rotatable bonds is 8. The summed E-state index contributed by atoms with van der Waals surface area (Å²) in [4.78, 5) is 18.3. The predicted octanol–water partition coefficient (Wildman–Crippen LogP) is 2.28. The van der Waals surface area contributed by atoms with Crippen LogP contribution < -0.4 is 5.32 Å². The van der Waals surface area contributed by atoms with Crippen LogP contribution in [-0.4, -0.2) is 56.7 Å². The van der Waals surface area contributed by atoms with Gasteiger partial charge >= 0.3 is 14.8 Å². The second kappa shape index (κ2) is 8.39. The standard InChI is InChI=1S/C15H25N3O4Si/c1-4-20-23(21-5-2,22-6-3)14-10-12-18(14)15(19)17-13-9-7-8-11-16-13/h7-9,11,14H,4-6,10,12H2,1-3H3,(H,16,17,19).